The fraction of sp³-hybridized carbons (Fsp3) is 0.455. The molecule has 0 unspecified atom stereocenters. The van der Waals surface area contributed by atoms with Crippen LogP contribution in [0.25, 0.3) is 11.2 Å². The summed E-state index contributed by atoms with van der Waals surface area (Å²) >= 11 is 0. The van der Waals surface area contributed by atoms with Crippen LogP contribution in [-0.4, -0.2) is 87.3 Å². The predicted molar refractivity (Wildman–Crippen MR) is 175 cm³/mol. The first-order valence-corrected chi connectivity index (χ1v) is 15.5. The van der Waals surface area contributed by atoms with Crippen LogP contribution in [0.4, 0.5) is 27.9 Å². The van der Waals surface area contributed by atoms with Crippen LogP contribution in [0.1, 0.15) is 45.2 Å². The number of piperazine rings is 1. The minimum atomic E-state index is -0.540. The highest BCUT2D eigenvalue weighted by Crippen LogP contribution is 2.30. The molecule has 2 aliphatic rings. The maximum atomic E-state index is 12.9. The second-order valence-electron chi connectivity index (χ2n) is 12.7. The Morgan fingerprint density at radius 1 is 0.977 bits per heavy atom. The highest BCUT2D eigenvalue weighted by molar-refractivity contribution is 5.85. The number of ether oxygens (including phenoxy) is 1. The van der Waals surface area contributed by atoms with Crippen molar-refractivity contribution in [2.24, 2.45) is 0 Å². The van der Waals surface area contributed by atoms with Crippen LogP contribution in [-0.2, 0) is 11.3 Å². The van der Waals surface area contributed by atoms with Gasteiger partial charge in [-0.1, -0.05) is 30.3 Å². The number of nitrogens with one attached hydrogen (secondary N) is 2. The number of carbonyl (C=O) groups is 1. The monoisotopic (exact) mass is 597 g/mol. The maximum absolute atomic E-state index is 12.9. The smallest absolute Gasteiger partial charge is 0.410 e. The molecule has 2 saturated heterocycles. The van der Waals surface area contributed by atoms with Crippen molar-refractivity contribution < 1.29 is 9.53 Å². The quantitative estimate of drug-likeness (QED) is 0.286. The van der Waals surface area contributed by atoms with Gasteiger partial charge in [0, 0.05) is 57.2 Å². The number of anilines is 4. The van der Waals surface area contributed by atoms with Gasteiger partial charge in [-0.2, -0.15) is 9.97 Å². The van der Waals surface area contributed by atoms with Crippen molar-refractivity contribution in [2.75, 3.05) is 61.8 Å². The van der Waals surface area contributed by atoms with Crippen molar-refractivity contribution in [3.63, 3.8) is 0 Å². The fourth-order valence-corrected chi connectivity index (χ4v) is 5.77. The first kappa shape index (κ1) is 29.7. The standard InChI is InChI=1S/C33H43N9O2/c1-33(2,3)44-32(43)41-16-8-11-27(22-41)42-23-35-28-29(34-21-24-9-6-5-7-10-24)37-31(38-30(28)42)36-25-12-14-26(15-13-25)40-19-17-39(4)18-20-40/h5-7,9-10,12-15,23,27H,8,11,16-22H2,1-4H3,(H2,34,36,37,38)/t27-/m0/s1. The Morgan fingerprint density at radius 2 is 1.73 bits per heavy atom. The summed E-state index contributed by atoms with van der Waals surface area (Å²) in [5.74, 6) is 1.15. The molecule has 2 N–H and O–H groups in total. The molecule has 6 rings (SSSR count). The van der Waals surface area contributed by atoms with Crippen molar-refractivity contribution in [3.05, 3.63) is 66.5 Å². The van der Waals surface area contributed by atoms with Gasteiger partial charge in [0.25, 0.3) is 0 Å². The molecule has 4 heterocycles. The number of rotatable bonds is 7. The third-order valence-corrected chi connectivity index (χ3v) is 8.16. The number of benzene rings is 2. The number of aromatic nitrogens is 4. The lowest BCUT2D eigenvalue weighted by Crippen LogP contribution is -2.44. The number of amides is 1. The molecular formula is C33H43N9O2. The molecule has 2 aliphatic heterocycles. The second kappa shape index (κ2) is 12.7. The molecule has 0 spiro atoms. The summed E-state index contributed by atoms with van der Waals surface area (Å²) < 4.78 is 7.76. The third kappa shape index (κ3) is 7.05. The first-order chi connectivity index (χ1) is 21.2. The third-order valence-electron chi connectivity index (χ3n) is 8.16. The number of carbonyl (C=O) groups excluding carboxylic acids is 1. The number of imidazole rings is 1. The number of hydrogen-bond donors (Lipinski definition) is 2. The number of likely N-dealkylation sites (tertiary alicyclic amines) is 1. The topological polar surface area (TPSA) is 104 Å². The second-order valence-corrected chi connectivity index (χ2v) is 12.7. The summed E-state index contributed by atoms with van der Waals surface area (Å²) in [4.78, 5) is 34.0. The van der Waals surface area contributed by atoms with Gasteiger partial charge in [0.05, 0.1) is 12.4 Å². The molecule has 2 fully saturated rings. The van der Waals surface area contributed by atoms with Gasteiger partial charge in [0.15, 0.2) is 17.0 Å². The molecule has 2 aromatic carbocycles. The van der Waals surface area contributed by atoms with E-state index in [2.05, 4.69) is 68.4 Å². The van der Waals surface area contributed by atoms with Crippen LogP contribution in [0.15, 0.2) is 60.9 Å². The van der Waals surface area contributed by atoms with Gasteiger partial charge in [-0.25, -0.2) is 9.78 Å². The highest BCUT2D eigenvalue weighted by Gasteiger charge is 2.30. The molecule has 11 heteroatoms. The van der Waals surface area contributed by atoms with E-state index in [4.69, 9.17) is 19.7 Å². The van der Waals surface area contributed by atoms with Crippen molar-refractivity contribution in [3.8, 4) is 0 Å². The van der Waals surface area contributed by atoms with Gasteiger partial charge < -0.3 is 34.6 Å². The highest BCUT2D eigenvalue weighted by atomic mass is 16.6. The van der Waals surface area contributed by atoms with Crippen molar-refractivity contribution in [2.45, 2.75) is 51.8 Å². The minimum absolute atomic E-state index is 0.0221. The largest absolute Gasteiger partial charge is 0.444 e. The summed E-state index contributed by atoms with van der Waals surface area (Å²) in [6.45, 7) is 11.7. The van der Waals surface area contributed by atoms with E-state index < -0.39 is 5.60 Å². The van der Waals surface area contributed by atoms with E-state index in [9.17, 15) is 4.79 Å². The Kier molecular flexibility index (Phi) is 8.56. The average Bonchev–Trinajstić information content (AvgIpc) is 3.45. The predicted octanol–water partition coefficient (Wildman–Crippen LogP) is 5.51. The minimum Gasteiger partial charge on any atom is -0.444 e. The van der Waals surface area contributed by atoms with Crippen molar-refractivity contribution in [1.29, 1.82) is 0 Å². The van der Waals surface area contributed by atoms with E-state index >= 15 is 0 Å². The summed E-state index contributed by atoms with van der Waals surface area (Å²) in [7, 11) is 2.17. The lowest BCUT2D eigenvalue weighted by molar-refractivity contribution is 0.0174. The Balaban J connectivity index is 1.27. The fourth-order valence-electron chi connectivity index (χ4n) is 5.77. The van der Waals surface area contributed by atoms with Gasteiger partial charge >= 0.3 is 6.09 Å². The van der Waals surface area contributed by atoms with E-state index in [1.54, 1.807) is 4.90 Å². The first-order valence-electron chi connectivity index (χ1n) is 15.5. The average molecular weight is 598 g/mol. The molecule has 232 valence electrons. The van der Waals surface area contributed by atoms with Gasteiger partial charge in [-0.05, 0) is 70.5 Å². The summed E-state index contributed by atoms with van der Waals surface area (Å²) in [6, 6.07) is 18.7. The molecule has 2 aromatic heterocycles. The number of likely N-dealkylation sites (N-methyl/N-ethyl adjacent to an activating group) is 1. The van der Waals surface area contributed by atoms with Crippen LogP contribution in [0.2, 0.25) is 0 Å². The van der Waals surface area contributed by atoms with E-state index in [0.717, 1.165) is 55.9 Å². The van der Waals surface area contributed by atoms with E-state index in [1.807, 2.05) is 45.3 Å². The number of hydrogen-bond acceptors (Lipinski definition) is 9. The van der Waals surface area contributed by atoms with Crippen molar-refractivity contribution in [1.82, 2.24) is 29.3 Å². The van der Waals surface area contributed by atoms with Crippen LogP contribution < -0.4 is 15.5 Å². The molecule has 4 aromatic rings. The summed E-state index contributed by atoms with van der Waals surface area (Å²) in [6.07, 6.45) is 3.33. The zero-order valence-corrected chi connectivity index (χ0v) is 26.2. The van der Waals surface area contributed by atoms with Crippen LogP contribution in [0.3, 0.4) is 0 Å². The molecule has 0 bridgehead atoms. The maximum Gasteiger partial charge on any atom is 0.410 e. The summed E-state index contributed by atoms with van der Waals surface area (Å²) in [5, 5.41) is 6.92. The Hall–Kier alpha value is -4.38. The number of fused-ring (bicyclic) bond motifs is 1. The lowest BCUT2D eigenvalue weighted by atomic mass is 10.1. The van der Waals surface area contributed by atoms with E-state index in [1.165, 1.54) is 5.69 Å². The van der Waals surface area contributed by atoms with Crippen LogP contribution >= 0.6 is 0 Å². The van der Waals surface area contributed by atoms with Gasteiger partial charge in [-0.3, -0.25) is 0 Å². The molecule has 0 radical (unpaired) electrons. The van der Waals surface area contributed by atoms with Gasteiger partial charge in [0.2, 0.25) is 5.95 Å². The molecule has 44 heavy (non-hydrogen) atoms. The molecule has 0 aliphatic carbocycles. The Bertz CT molecular complexity index is 1560. The molecule has 11 nitrogen and oxygen atoms in total. The summed E-state index contributed by atoms with van der Waals surface area (Å²) in [5.41, 5.74) is 4.16. The SMILES string of the molecule is CN1CCN(c2ccc(Nc3nc(NCc4ccccc4)c4ncn([C@H]5CCCN(C(=O)OC(C)(C)C)C5)c4n3)cc2)CC1. The lowest BCUT2D eigenvalue weighted by Gasteiger charge is -2.34. The van der Waals surface area contributed by atoms with E-state index in [-0.39, 0.29) is 12.1 Å². The molecule has 0 saturated carbocycles. The van der Waals surface area contributed by atoms with Crippen LogP contribution in [0, 0.1) is 0 Å². The zero-order valence-electron chi connectivity index (χ0n) is 26.2. The Labute approximate surface area is 259 Å². The molecule has 1 atom stereocenters. The van der Waals surface area contributed by atoms with Gasteiger partial charge in [0.1, 0.15) is 5.60 Å². The Morgan fingerprint density at radius 3 is 2.45 bits per heavy atom. The van der Waals surface area contributed by atoms with Crippen LogP contribution in [0.5, 0.6) is 0 Å². The van der Waals surface area contributed by atoms with Crippen molar-refractivity contribution >= 4 is 40.4 Å². The normalized spacial score (nSPS) is 18.0. The zero-order chi connectivity index (χ0) is 30.7. The molecule has 1 amide bonds. The van der Waals surface area contributed by atoms with E-state index in [0.29, 0.717) is 36.9 Å². The number of piperidine rings is 1. The number of nitrogens with zero attached hydrogens (tertiary/aromatic N) is 7. The van der Waals surface area contributed by atoms with Gasteiger partial charge in [-0.15, -0.1) is 0 Å². The molecular weight excluding hydrogens is 554 g/mol.